The second-order valence-corrected chi connectivity index (χ2v) is 11.6. The van der Waals surface area contributed by atoms with E-state index in [4.69, 9.17) is 4.74 Å². The molecule has 6 aromatic carbocycles. The summed E-state index contributed by atoms with van der Waals surface area (Å²) >= 11 is 1.83. The molecule has 0 unspecified atom stereocenters. The summed E-state index contributed by atoms with van der Waals surface area (Å²) in [6, 6.07) is 48.8. The molecule has 0 aliphatic heterocycles. The largest absolute Gasteiger partial charge is 0.497 e. The van der Waals surface area contributed by atoms with Crippen molar-refractivity contribution < 1.29 is 4.74 Å². The van der Waals surface area contributed by atoms with Crippen molar-refractivity contribution in [3.05, 3.63) is 139 Å². The lowest BCUT2D eigenvalue weighted by molar-refractivity contribution is 0.415. The number of anilines is 3. The third-order valence-corrected chi connectivity index (χ3v) is 9.27. The van der Waals surface area contributed by atoms with E-state index < -0.39 is 0 Å². The fourth-order valence-corrected chi connectivity index (χ4v) is 7.25. The Kier molecular flexibility index (Phi) is 5.89. The number of para-hydroxylation sites is 1. The fraction of sp³-hybridized carbons (Fsp3) is 0.0263. The Morgan fingerprint density at radius 3 is 2.14 bits per heavy atom. The zero-order valence-electron chi connectivity index (χ0n) is 23.4. The molecule has 43 heavy (non-hydrogen) atoms. The summed E-state index contributed by atoms with van der Waals surface area (Å²) in [5.41, 5.74) is 7.10. The monoisotopic (exact) mass is 571 g/mol. The first kappa shape index (κ1) is 25.2. The summed E-state index contributed by atoms with van der Waals surface area (Å²) in [6.45, 7) is 0. The van der Waals surface area contributed by atoms with Crippen LogP contribution in [-0.4, -0.2) is 11.7 Å². The van der Waals surface area contributed by atoms with Crippen LogP contribution in [0.5, 0.6) is 5.75 Å². The van der Waals surface area contributed by atoms with E-state index in [1.807, 2.05) is 47.7 Å². The van der Waals surface area contributed by atoms with Crippen LogP contribution in [0.2, 0.25) is 0 Å². The molecule has 204 valence electrons. The van der Waals surface area contributed by atoms with Gasteiger partial charge in [0.2, 0.25) is 0 Å². The number of thiophene rings is 1. The molecule has 0 spiro atoms. The number of nitrogens with zero attached hydrogens (tertiary/aromatic N) is 3. The highest BCUT2D eigenvalue weighted by atomic mass is 32.1. The molecule has 0 bridgehead atoms. The first-order valence-electron chi connectivity index (χ1n) is 14.1. The average molecular weight is 572 g/mol. The molecule has 0 atom stereocenters. The Morgan fingerprint density at radius 2 is 1.35 bits per heavy atom. The molecule has 0 amide bonds. The maximum atomic E-state index is 9.39. The summed E-state index contributed by atoms with van der Waals surface area (Å²) in [5.74, 6) is 0.818. The molecule has 5 heteroatoms. The summed E-state index contributed by atoms with van der Waals surface area (Å²) < 4.78 is 10.4. The van der Waals surface area contributed by atoms with Crippen molar-refractivity contribution >= 4 is 70.4 Å². The van der Waals surface area contributed by atoms with Gasteiger partial charge in [-0.2, -0.15) is 5.26 Å². The van der Waals surface area contributed by atoms with Gasteiger partial charge in [0.25, 0.3) is 0 Å². The third kappa shape index (κ3) is 4.04. The van der Waals surface area contributed by atoms with Gasteiger partial charge in [0.1, 0.15) is 5.75 Å². The van der Waals surface area contributed by atoms with E-state index in [0.29, 0.717) is 5.56 Å². The molecule has 8 aromatic rings. The van der Waals surface area contributed by atoms with E-state index in [-0.39, 0.29) is 0 Å². The van der Waals surface area contributed by atoms with Gasteiger partial charge in [0.05, 0.1) is 35.5 Å². The zero-order chi connectivity index (χ0) is 28.9. The summed E-state index contributed by atoms with van der Waals surface area (Å²) in [6.07, 6.45) is 0. The number of hydrogen-bond donors (Lipinski definition) is 0. The Hall–Kier alpha value is -5.57. The number of hydrogen-bond acceptors (Lipinski definition) is 4. The van der Waals surface area contributed by atoms with E-state index in [2.05, 4.69) is 113 Å². The first-order valence-corrected chi connectivity index (χ1v) is 14.9. The van der Waals surface area contributed by atoms with E-state index >= 15 is 0 Å². The Bertz CT molecular complexity index is 2340. The van der Waals surface area contributed by atoms with E-state index in [0.717, 1.165) is 50.3 Å². The number of ether oxygens (including phenoxy) is 1. The number of methoxy groups -OCH3 is 1. The van der Waals surface area contributed by atoms with Gasteiger partial charge in [-0.1, -0.05) is 42.5 Å². The first-order chi connectivity index (χ1) is 21.2. The lowest BCUT2D eigenvalue weighted by Crippen LogP contribution is -2.10. The van der Waals surface area contributed by atoms with Crippen LogP contribution in [0.15, 0.2) is 133 Å². The minimum absolute atomic E-state index is 0.646. The fourth-order valence-electron chi connectivity index (χ4n) is 6.16. The van der Waals surface area contributed by atoms with E-state index in [1.54, 1.807) is 7.11 Å². The molecule has 0 N–H and O–H groups in total. The van der Waals surface area contributed by atoms with E-state index in [9.17, 15) is 5.26 Å². The molecule has 0 saturated heterocycles. The second kappa shape index (κ2) is 10.1. The Labute approximate surface area is 252 Å². The number of fused-ring (bicyclic) bond motifs is 6. The highest BCUT2D eigenvalue weighted by molar-refractivity contribution is 7.25. The molecule has 4 nitrogen and oxygen atoms in total. The van der Waals surface area contributed by atoms with Crippen molar-refractivity contribution in [1.29, 1.82) is 5.26 Å². The van der Waals surface area contributed by atoms with Crippen LogP contribution in [-0.2, 0) is 0 Å². The molecular weight excluding hydrogens is 547 g/mol. The smallest absolute Gasteiger partial charge is 0.119 e. The molecule has 2 heterocycles. The van der Waals surface area contributed by atoms with Gasteiger partial charge >= 0.3 is 0 Å². The zero-order valence-corrected chi connectivity index (χ0v) is 24.2. The molecule has 0 radical (unpaired) electrons. The van der Waals surface area contributed by atoms with Gasteiger partial charge in [-0.15, -0.1) is 11.3 Å². The van der Waals surface area contributed by atoms with Gasteiger partial charge in [-0.05, 0) is 91.0 Å². The minimum Gasteiger partial charge on any atom is -0.497 e. The van der Waals surface area contributed by atoms with Crippen LogP contribution < -0.4 is 9.64 Å². The summed E-state index contributed by atoms with van der Waals surface area (Å²) in [7, 11) is 1.70. The highest BCUT2D eigenvalue weighted by Crippen LogP contribution is 2.45. The number of rotatable bonds is 5. The van der Waals surface area contributed by atoms with Gasteiger partial charge in [0, 0.05) is 48.0 Å². The second-order valence-electron chi connectivity index (χ2n) is 10.5. The number of nitriles is 1. The summed E-state index contributed by atoms with van der Waals surface area (Å²) in [5, 5.41) is 14.2. The van der Waals surface area contributed by atoms with Crippen molar-refractivity contribution in [3.8, 4) is 17.5 Å². The van der Waals surface area contributed by atoms with E-state index in [1.165, 1.54) is 20.2 Å². The van der Waals surface area contributed by atoms with Crippen LogP contribution in [0.4, 0.5) is 17.1 Å². The van der Waals surface area contributed by atoms with Crippen LogP contribution in [0.3, 0.4) is 0 Å². The lowest BCUT2D eigenvalue weighted by Gasteiger charge is -2.27. The normalized spacial score (nSPS) is 11.3. The molecule has 0 aliphatic carbocycles. The Balaban J connectivity index is 1.43. The predicted octanol–water partition coefficient (Wildman–Crippen LogP) is 10.5. The van der Waals surface area contributed by atoms with Crippen LogP contribution in [0.25, 0.3) is 47.7 Å². The van der Waals surface area contributed by atoms with Gasteiger partial charge < -0.3 is 14.2 Å². The van der Waals surface area contributed by atoms with Crippen molar-refractivity contribution in [3.63, 3.8) is 0 Å². The quantitative estimate of drug-likeness (QED) is 0.206. The molecule has 8 rings (SSSR count). The maximum Gasteiger partial charge on any atom is 0.119 e. The van der Waals surface area contributed by atoms with Crippen molar-refractivity contribution in [2.24, 2.45) is 0 Å². The topological polar surface area (TPSA) is 41.2 Å². The molecule has 0 fully saturated rings. The number of aromatic nitrogens is 1. The summed E-state index contributed by atoms with van der Waals surface area (Å²) in [4.78, 5) is 2.35. The Morgan fingerprint density at radius 1 is 0.651 bits per heavy atom. The van der Waals surface area contributed by atoms with Gasteiger partial charge in [-0.3, -0.25) is 0 Å². The van der Waals surface area contributed by atoms with Crippen LogP contribution >= 0.6 is 11.3 Å². The lowest BCUT2D eigenvalue weighted by atomic mass is 10.1. The molecule has 0 aliphatic rings. The van der Waals surface area contributed by atoms with Crippen molar-refractivity contribution in [2.75, 3.05) is 12.0 Å². The van der Waals surface area contributed by atoms with Crippen molar-refractivity contribution in [2.45, 2.75) is 0 Å². The van der Waals surface area contributed by atoms with Crippen molar-refractivity contribution in [1.82, 2.24) is 4.57 Å². The molecular formula is C38H25N3OS. The minimum atomic E-state index is 0.646. The average Bonchev–Trinajstić information content (AvgIpc) is 3.61. The van der Waals surface area contributed by atoms with Crippen LogP contribution in [0.1, 0.15) is 5.56 Å². The van der Waals surface area contributed by atoms with Gasteiger partial charge in [0.15, 0.2) is 0 Å². The van der Waals surface area contributed by atoms with Crippen LogP contribution in [0, 0.1) is 11.3 Å². The third-order valence-electron chi connectivity index (χ3n) is 8.12. The standard InChI is InChI=1S/C38H25N3OS/c1-42-29-20-17-26(18-21-29)40(28-19-22-37-32(23-28)30-7-3-5-12-36(30)43-37)34-10-6-11-35-38(34)31-8-2-4-9-33(31)41(35)27-15-13-25(24-39)14-16-27/h2-23H,1H3. The predicted molar refractivity (Wildman–Crippen MR) is 180 cm³/mol. The SMILES string of the molecule is COc1ccc(N(c2ccc3sc4ccccc4c3c2)c2cccc3c2c2ccccc2n3-c2ccc(C#N)cc2)cc1. The number of benzene rings is 6. The molecule has 0 saturated carbocycles. The van der Waals surface area contributed by atoms with Gasteiger partial charge in [-0.25, -0.2) is 0 Å². The molecule has 2 aromatic heterocycles. The maximum absolute atomic E-state index is 9.39. The highest BCUT2D eigenvalue weighted by Gasteiger charge is 2.21.